The van der Waals surface area contributed by atoms with Crippen LogP contribution in [-0.4, -0.2) is 25.4 Å². The van der Waals surface area contributed by atoms with Crippen LogP contribution in [0, 0.1) is 4.91 Å². The van der Waals surface area contributed by atoms with E-state index >= 15 is 0 Å². The van der Waals surface area contributed by atoms with Crippen molar-refractivity contribution in [3.05, 3.63) is 94.9 Å². The summed E-state index contributed by atoms with van der Waals surface area (Å²) in [6, 6.07) is 24.5. The van der Waals surface area contributed by atoms with E-state index in [9.17, 15) is 9.70 Å². The van der Waals surface area contributed by atoms with E-state index in [1.807, 2.05) is 60.7 Å². The van der Waals surface area contributed by atoms with Gasteiger partial charge in [0.25, 0.3) is 0 Å². The Morgan fingerprint density at radius 2 is 1.65 bits per heavy atom. The minimum atomic E-state index is -0.355. The Morgan fingerprint density at radius 1 is 0.971 bits per heavy atom. The molecule has 1 N–H and O–H groups in total. The number of nitroso groups, excluding NO2 is 1. The molecule has 0 unspecified atom stereocenters. The van der Waals surface area contributed by atoms with Gasteiger partial charge in [0.2, 0.25) is 5.91 Å². The highest BCUT2D eigenvalue weighted by molar-refractivity contribution is 5.93. The van der Waals surface area contributed by atoms with Crippen LogP contribution in [0.15, 0.2) is 84.1 Å². The zero-order valence-electron chi connectivity index (χ0n) is 18.8. The van der Waals surface area contributed by atoms with Crippen LogP contribution in [-0.2, 0) is 27.4 Å². The fourth-order valence-electron chi connectivity index (χ4n) is 3.60. The second-order valence-electron chi connectivity index (χ2n) is 7.84. The van der Waals surface area contributed by atoms with Crippen LogP contribution in [0.2, 0.25) is 0 Å². The lowest BCUT2D eigenvalue weighted by molar-refractivity contribution is -0.118. The molecule has 0 bridgehead atoms. The molecule has 1 heterocycles. The van der Waals surface area contributed by atoms with Crippen LogP contribution < -0.4 is 15.1 Å². The Kier molecular flexibility index (Phi) is 8.21. The molecule has 0 saturated carbocycles. The molecule has 3 aromatic rings. The summed E-state index contributed by atoms with van der Waals surface area (Å²) in [6.07, 6.45) is 0.334. The third kappa shape index (κ3) is 6.63. The van der Waals surface area contributed by atoms with Crippen molar-refractivity contribution in [3.63, 3.8) is 0 Å². The van der Waals surface area contributed by atoms with Crippen molar-refractivity contribution in [2.45, 2.75) is 32.3 Å². The largest absolute Gasteiger partial charge is 0.487 e. The molecule has 1 aliphatic rings. The van der Waals surface area contributed by atoms with Crippen LogP contribution in [0.5, 0.6) is 5.75 Å². The van der Waals surface area contributed by atoms with E-state index in [4.69, 9.17) is 14.2 Å². The van der Waals surface area contributed by atoms with Crippen molar-refractivity contribution in [1.29, 1.82) is 0 Å². The highest BCUT2D eigenvalue weighted by Gasteiger charge is 2.19. The molecule has 8 nitrogen and oxygen atoms in total. The summed E-state index contributed by atoms with van der Waals surface area (Å²) in [4.78, 5) is 24.3. The number of ether oxygens (including phenoxy) is 3. The summed E-state index contributed by atoms with van der Waals surface area (Å²) in [5.41, 5.74) is 2.95. The van der Waals surface area contributed by atoms with Crippen molar-refractivity contribution in [3.8, 4) is 5.75 Å². The lowest BCUT2D eigenvalue weighted by Crippen LogP contribution is -2.18. The molecular formula is C26H27N3O5. The molecule has 0 aliphatic carbocycles. The lowest BCUT2D eigenvalue weighted by atomic mass is 10.2. The van der Waals surface area contributed by atoms with Gasteiger partial charge in [0, 0.05) is 12.8 Å². The summed E-state index contributed by atoms with van der Waals surface area (Å²) >= 11 is 0. The quantitative estimate of drug-likeness (QED) is 0.318. The molecule has 1 fully saturated rings. The monoisotopic (exact) mass is 461 g/mol. The van der Waals surface area contributed by atoms with Gasteiger partial charge in [0.15, 0.2) is 6.29 Å². The molecule has 1 aliphatic heterocycles. The summed E-state index contributed by atoms with van der Waals surface area (Å²) in [5.74, 6) is 0.300. The van der Waals surface area contributed by atoms with Crippen molar-refractivity contribution in [2.24, 2.45) is 5.29 Å². The van der Waals surface area contributed by atoms with Gasteiger partial charge in [-0.3, -0.25) is 4.79 Å². The second kappa shape index (κ2) is 11.9. The van der Waals surface area contributed by atoms with Crippen molar-refractivity contribution in [1.82, 2.24) is 0 Å². The number of nitrogens with zero attached hydrogens (tertiary/aromatic N) is 2. The van der Waals surface area contributed by atoms with Crippen LogP contribution in [0.3, 0.4) is 0 Å². The zero-order valence-corrected chi connectivity index (χ0v) is 18.8. The van der Waals surface area contributed by atoms with Crippen molar-refractivity contribution >= 4 is 17.3 Å². The fraction of sp³-hybridized carbons (Fsp3) is 0.269. The van der Waals surface area contributed by atoms with E-state index in [1.165, 1.54) is 5.01 Å². The zero-order chi connectivity index (χ0) is 23.6. The van der Waals surface area contributed by atoms with Crippen LogP contribution in [0.25, 0.3) is 0 Å². The molecule has 3 aromatic carbocycles. The minimum absolute atomic E-state index is 0.200. The van der Waals surface area contributed by atoms with E-state index in [1.54, 1.807) is 18.2 Å². The molecule has 0 radical (unpaired) electrons. The molecule has 0 atom stereocenters. The number of carbonyl (C=O) groups is 1. The Hall–Kier alpha value is -3.75. The van der Waals surface area contributed by atoms with Crippen LogP contribution in [0.4, 0.5) is 11.4 Å². The molecular weight excluding hydrogens is 434 g/mol. The number of anilines is 2. The molecule has 0 aromatic heterocycles. The molecule has 1 amide bonds. The maximum absolute atomic E-state index is 12.7. The first kappa shape index (κ1) is 23.4. The normalized spacial score (nSPS) is 13.4. The molecule has 0 spiro atoms. The minimum Gasteiger partial charge on any atom is -0.487 e. The van der Waals surface area contributed by atoms with Gasteiger partial charge in [0.1, 0.15) is 12.4 Å². The summed E-state index contributed by atoms with van der Waals surface area (Å²) in [6.45, 7) is 1.73. The highest BCUT2D eigenvalue weighted by Crippen LogP contribution is 2.32. The summed E-state index contributed by atoms with van der Waals surface area (Å²) in [7, 11) is 0. The molecule has 1 saturated heterocycles. The summed E-state index contributed by atoms with van der Waals surface area (Å²) in [5, 5.41) is 7.43. The summed E-state index contributed by atoms with van der Waals surface area (Å²) < 4.78 is 16.8. The predicted octanol–water partition coefficient (Wildman–Crippen LogP) is 5.05. The number of carbonyl (C=O) groups excluding carboxylic acids is 1. The molecule has 8 heteroatoms. The lowest BCUT2D eigenvalue weighted by Gasteiger charge is -2.19. The van der Waals surface area contributed by atoms with E-state index in [0.29, 0.717) is 49.9 Å². The molecule has 4 rings (SSSR count). The van der Waals surface area contributed by atoms with Gasteiger partial charge in [0.05, 0.1) is 36.4 Å². The van der Waals surface area contributed by atoms with Gasteiger partial charge >= 0.3 is 0 Å². The van der Waals surface area contributed by atoms with Gasteiger partial charge in [-0.2, -0.15) is 0 Å². The Bertz CT molecular complexity index is 1070. The van der Waals surface area contributed by atoms with E-state index in [0.717, 1.165) is 11.1 Å². The third-order valence-corrected chi connectivity index (χ3v) is 5.34. The number of amides is 1. The van der Waals surface area contributed by atoms with Crippen LogP contribution in [0.1, 0.15) is 24.0 Å². The van der Waals surface area contributed by atoms with Gasteiger partial charge in [-0.25, -0.2) is 5.01 Å². The van der Waals surface area contributed by atoms with Crippen LogP contribution >= 0.6 is 0 Å². The average molecular weight is 462 g/mol. The maximum atomic E-state index is 12.7. The average Bonchev–Trinajstić information content (AvgIpc) is 3.40. The Balaban J connectivity index is 1.50. The first-order valence-electron chi connectivity index (χ1n) is 11.2. The fourth-order valence-corrected chi connectivity index (χ4v) is 3.60. The molecule has 34 heavy (non-hydrogen) atoms. The Morgan fingerprint density at radius 3 is 2.32 bits per heavy atom. The first-order valence-corrected chi connectivity index (χ1v) is 11.2. The van der Waals surface area contributed by atoms with E-state index < -0.39 is 0 Å². The topological polar surface area (TPSA) is 89.5 Å². The van der Waals surface area contributed by atoms with Gasteiger partial charge in [-0.1, -0.05) is 60.7 Å². The van der Waals surface area contributed by atoms with Gasteiger partial charge in [-0.05, 0) is 29.3 Å². The predicted molar refractivity (Wildman–Crippen MR) is 129 cm³/mol. The van der Waals surface area contributed by atoms with Crippen molar-refractivity contribution < 1.29 is 19.0 Å². The standard InChI is InChI=1S/C26H27N3O5/c30-25(13-14-26-32-15-16-33-26)27-23-17-22(29(28-31)18-20-7-3-1-4-8-20)11-12-24(23)34-19-21-9-5-2-6-10-21/h1-12,17,26H,13-16,18-19H2,(H,27,30). The number of rotatable bonds is 11. The molecule has 176 valence electrons. The number of hydrogen-bond donors (Lipinski definition) is 1. The first-order chi connectivity index (χ1) is 16.7. The van der Waals surface area contributed by atoms with E-state index in [2.05, 4.69) is 10.6 Å². The van der Waals surface area contributed by atoms with E-state index in [-0.39, 0.29) is 18.6 Å². The SMILES string of the molecule is O=NN(Cc1ccccc1)c1ccc(OCc2ccccc2)c(NC(=O)CCC2OCCO2)c1. The number of hydrogen-bond acceptors (Lipinski definition) is 6. The van der Waals surface area contributed by atoms with Gasteiger partial charge in [-0.15, -0.1) is 4.91 Å². The smallest absolute Gasteiger partial charge is 0.224 e. The van der Waals surface area contributed by atoms with Gasteiger partial charge < -0.3 is 19.5 Å². The highest BCUT2D eigenvalue weighted by atomic mass is 16.7. The number of nitrogens with one attached hydrogen (secondary N) is 1. The maximum Gasteiger partial charge on any atom is 0.224 e. The van der Waals surface area contributed by atoms with Crippen molar-refractivity contribution in [2.75, 3.05) is 23.5 Å². The Labute approximate surface area is 198 Å². The number of benzene rings is 3. The second-order valence-corrected chi connectivity index (χ2v) is 7.84. The third-order valence-electron chi connectivity index (χ3n) is 5.34.